The summed E-state index contributed by atoms with van der Waals surface area (Å²) >= 11 is 0. The molecule has 0 aliphatic carbocycles. The van der Waals surface area contributed by atoms with E-state index in [2.05, 4.69) is 11.1 Å². The molecule has 0 aliphatic rings. The zero-order valence-electron chi connectivity index (χ0n) is 20.8. The monoisotopic (exact) mass is 686 g/mol. The van der Waals surface area contributed by atoms with E-state index in [0.29, 0.717) is 16.8 Å². The summed E-state index contributed by atoms with van der Waals surface area (Å²) < 4.78 is 0. The molecule has 6 rings (SSSR count). The van der Waals surface area contributed by atoms with E-state index in [1.54, 1.807) is 24.5 Å². The first-order chi connectivity index (χ1) is 18.8. The summed E-state index contributed by atoms with van der Waals surface area (Å²) in [6, 6.07) is 42.4. The Morgan fingerprint density at radius 3 is 2.08 bits per heavy atom. The zero-order chi connectivity index (χ0) is 25.7. The molecule has 192 valence electrons. The third kappa shape index (κ3) is 5.50. The average Bonchev–Trinajstić information content (AvgIpc) is 2.99. The number of rotatable bonds is 6. The van der Waals surface area contributed by atoms with Crippen molar-refractivity contribution in [2.75, 3.05) is 4.90 Å². The molecule has 0 radical (unpaired) electrons. The van der Waals surface area contributed by atoms with E-state index < -0.39 is 0 Å². The van der Waals surface area contributed by atoms with Gasteiger partial charge in [-0.05, 0) is 53.7 Å². The Labute approximate surface area is 241 Å². The fourth-order valence-corrected chi connectivity index (χ4v) is 4.39. The smallest absolute Gasteiger partial charge is 0.138 e. The Balaban J connectivity index is 0.00000308. The van der Waals surface area contributed by atoms with E-state index in [1.807, 2.05) is 114 Å². The van der Waals surface area contributed by atoms with Gasteiger partial charge in [0.1, 0.15) is 11.6 Å². The van der Waals surface area contributed by atoms with E-state index in [0.717, 1.165) is 34.1 Å². The molecule has 39 heavy (non-hydrogen) atoms. The van der Waals surface area contributed by atoms with Crippen LogP contribution in [0.4, 0.5) is 17.3 Å². The van der Waals surface area contributed by atoms with Crippen molar-refractivity contribution in [1.82, 2.24) is 15.0 Å². The Hall–Kier alpha value is -4.60. The van der Waals surface area contributed by atoms with Gasteiger partial charge < -0.3 is 10.1 Å². The predicted octanol–water partition coefficient (Wildman–Crippen LogP) is 7.85. The van der Waals surface area contributed by atoms with Gasteiger partial charge in [0, 0.05) is 44.3 Å². The van der Waals surface area contributed by atoms with Crippen molar-refractivity contribution >= 4 is 17.3 Å². The molecule has 0 aliphatic heterocycles. The second-order valence-electron chi connectivity index (χ2n) is 8.64. The van der Waals surface area contributed by atoms with Crippen LogP contribution in [0.15, 0.2) is 134 Å². The van der Waals surface area contributed by atoms with Crippen molar-refractivity contribution in [3.05, 3.63) is 140 Å². The van der Waals surface area contributed by atoms with Crippen LogP contribution in [0.25, 0.3) is 33.6 Å². The molecule has 5 nitrogen and oxygen atoms in total. The van der Waals surface area contributed by atoms with Gasteiger partial charge in [0.2, 0.25) is 0 Å². The number of nitrogens with zero attached hydrogens (tertiary/aromatic N) is 4. The van der Waals surface area contributed by atoms with Crippen molar-refractivity contribution < 1.29 is 26.2 Å². The van der Waals surface area contributed by atoms with Crippen LogP contribution in [-0.4, -0.2) is 20.1 Å². The summed E-state index contributed by atoms with van der Waals surface area (Å²) in [4.78, 5) is 16.4. The fourth-order valence-electron chi connectivity index (χ4n) is 4.39. The van der Waals surface area contributed by atoms with Crippen LogP contribution in [0.3, 0.4) is 0 Å². The maximum Gasteiger partial charge on any atom is 0.138 e. The number of hydrogen-bond donors (Lipinski definition) is 1. The summed E-state index contributed by atoms with van der Waals surface area (Å²) in [6.07, 6.45) is 3.55. The van der Waals surface area contributed by atoms with Gasteiger partial charge in [0.05, 0.1) is 5.75 Å². The van der Waals surface area contributed by atoms with E-state index in [-0.39, 0.29) is 26.8 Å². The molecule has 3 aromatic heterocycles. The quantitative estimate of drug-likeness (QED) is 0.181. The first-order valence-corrected chi connectivity index (χ1v) is 12.3. The minimum absolute atomic E-state index is 0. The van der Waals surface area contributed by atoms with E-state index in [4.69, 9.17) is 9.97 Å². The van der Waals surface area contributed by atoms with Crippen LogP contribution in [0, 0.1) is 6.07 Å². The van der Waals surface area contributed by atoms with Crippen LogP contribution in [0.5, 0.6) is 5.75 Å². The molecule has 0 spiro atoms. The molecule has 0 fully saturated rings. The minimum Gasteiger partial charge on any atom is -0.515 e. The van der Waals surface area contributed by atoms with Crippen molar-refractivity contribution in [2.45, 2.75) is 0 Å². The molecule has 1 N–H and O–H groups in total. The Morgan fingerprint density at radius 1 is 0.641 bits per heavy atom. The van der Waals surface area contributed by atoms with E-state index in [1.165, 1.54) is 0 Å². The Kier molecular flexibility index (Phi) is 7.90. The third-order valence-corrected chi connectivity index (χ3v) is 6.17. The van der Waals surface area contributed by atoms with Crippen molar-refractivity contribution in [3.63, 3.8) is 0 Å². The molecule has 0 amide bonds. The van der Waals surface area contributed by atoms with E-state index in [9.17, 15) is 5.11 Å². The second-order valence-corrected chi connectivity index (χ2v) is 8.64. The normalized spacial score (nSPS) is 10.5. The standard InChI is InChI=1S/C33H23N4O.Pt/c38-30-18-8-7-16-27(30)28-22-25(23-35-33(28)24-12-3-1-4-13-24)29-17-11-20-32(36-29)37(26-14-5-2-6-15-26)31-19-9-10-21-34-31;/h1-21,23,38H;/q-1;. The van der Waals surface area contributed by atoms with Crippen LogP contribution < -0.4 is 4.90 Å². The number of hydrogen-bond acceptors (Lipinski definition) is 5. The number of benzene rings is 3. The van der Waals surface area contributed by atoms with Gasteiger partial charge >= 0.3 is 0 Å². The molecule has 0 unspecified atom stereocenters. The van der Waals surface area contributed by atoms with Gasteiger partial charge in [-0.3, -0.25) is 9.88 Å². The third-order valence-electron chi connectivity index (χ3n) is 6.17. The van der Waals surface area contributed by atoms with Crippen LogP contribution in [-0.2, 0) is 21.1 Å². The fraction of sp³-hybridized carbons (Fsp3) is 0. The number of phenolic OH excluding ortho intramolecular Hbond substituents is 1. The van der Waals surface area contributed by atoms with Crippen LogP contribution in [0.1, 0.15) is 0 Å². The topological polar surface area (TPSA) is 62.1 Å². The summed E-state index contributed by atoms with van der Waals surface area (Å²) in [5.41, 5.74) is 5.45. The molecule has 3 heterocycles. The number of aromatic nitrogens is 3. The molecule has 3 aromatic carbocycles. The molecule has 0 saturated carbocycles. The van der Waals surface area contributed by atoms with Gasteiger partial charge in [-0.25, -0.2) is 4.98 Å². The van der Waals surface area contributed by atoms with Crippen LogP contribution >= 0.6 is 0 Å². The largest absolute Gasteiger partial charge is 0.515 e. The number of pyridine rings is 3. The Morgan fingerprint density at radius 2 is 1.33 bits per heavy atom. The molecule has 6 aromatic rings. The van der Waals surface area contributed by atoms with E-state index >= 15 is 0 Å². The molecule has 0 bridgehead atoms. The average molecular weight is 687 g/mol. The van der Waals surface area contributed by atoms with Gasteiger partial charge in [-0.1, -0.05) is 96.1 Å². The molecule has 0 atom stereocenters. The minimum atomic E-state index is 0. The summed E-state index contributed by atoms with van der Waals surface area (Å²) in [5.74, 6) is 1.66. The van der Waals surface area contributed by atoms with Gasteiger partial charge in [0.15, 0.2) is 0 Å². The van der Waals surface area contributed by atoms with Crippen molar-refractivity contribution in [1.29, 1.82) is 0 Å². The van der Waals surface area contributed by atoms with Gasteiger partial charge in [0.25, 0.3) is 0 Å². The first kappa shape index (κ1) is 26.0. The predicted molar refractivity (Wildman–Crippen MR) is 151 cm³/mol. The maximum absolute atomic E-state index is 10.7. The molecular formula is C33H23N4OPt-. The number of aromatic hydroxyl groups is 1. The Bertz CT molecular complexity index is 1640. The summed E-state index contributed by atoms with van der Waals surface area (Å²) in [7, 11) is 0. The zero-order valence-corrected chi connectivity index (χ0v) is 23.0. The van der Waals surface area contributed by atoms with Gasteiger partial charge in [-0.2, -0.15) is 0 Å². The van der Waals surface area contributed by atoms with Crippen molar-refractivity contribution in [3.8, 4) is 39.4 Å². The summed E-state index contributed by atoms with van der Waals surface area (Å²) in [6.45, 7) is 0. The number of phenols is 1. The molecule has 6 heteroatoms. The van der Waals surface area contributed by atoms with Crippen molar-refractivity contribution in [2.24, 2.45) is 0 Å². The first-order valence-electron chi connectivity index (χ1n) is 12.3. The maximum atomic E-state index is 10.7. The molecule has 0 saturated heterocycles. The number of anilines is 3. The molecular weight excluding hydrogens is 663 g/mol. The van der Waals surface area contributed by atoms with Gasteiger partial charge in [-0.15, -0.1) is 6.07 Å². The SMILES string of the molecule is Oc1ccccc1-c1[c-]c(-c2cccc(N(c3ccccc3)c3ccccn3)n2)cnc1-c1ccccc1.[Pt]. The summed E-state index contributed by atoms with van der Waals surface area (Å²) in [5, 5.41) is 10.7. The second kappa shape index (κ2) is 11.8. The number of para-hydroxylation sites is 2. The van der Waals surface area contributed by atoms with Crippen LogP contribution in [0.2, 0.25) is 0 Å².